The van der Waals surface area contributed by atoms with Gasteiger partial charge in [-0.3, -0.25) is 0 Å². The molecule has 6 heteroatoms. The number of nitrogens with zero attached hydrogens (tertiary/aromatic N) is 3. The molecule has 22 heavy (non-hydrogen) atoms. The van der Waals surface area contributed by atoms with Gasteiger partial charge in [0, 0.05) is 30.6 Å². The summed E-state index contributed by atoms with van der Waals surface area (Å²) in [4.78, 5) is 4.33. The molecule has 0 unspecified atom stereocenters. The molecule has 2 N–H and O–H groups in total. The standard InChI is InChI=1S/C16H20N4O2/c1-6-18-16-14(10(2)17)15(19-20(16)3)11-7-12(21-4)9-13(8-11)22-5/h6-9H,2,17H2,1,3-5H3/b18-6-. The second-order valence-electron chi connectivity index (χ2n) is 4.68. The summed E-state index contributed by atoms with van der Waals surface area (Å²) in [7, 11) is 5.02. The Kier molecular flexibility index (Phi) is 4.50. The molecule has 1 aromatic heterocycles. The summed E-state index contributed by atoms with van der Waals surface area (Å²) in [6.45, 7) is 5.68. The van der Waals surface area contributed by atoms with Gasteiger partial charge in [-0.25, -0.2) is 9.67 Å². The van der Waals surface area contributed by atoms with Gasteiger partial charge in [-0.15, -0.1) is 0 Å². The minimum Gasteiger partial charge on any atom is -0.497 e. The molecule has 0 saturated heterocycles. The molecule has 0 aliphatic carbocycles. The molecule has 2 rings (SSSR count). The van der Waals surface area contributed by atoms with Gasteiger partial charge < -0.3 is 15.2 Å². The van der Waals surface area contributed by atoms with Crippen LogP contribution in [0.5, 0.6) is 11.5 Å². The van der Waals surface area contributed by atoms with Crippen molar-refractivity contribution in [2.45, 2.75) is 6.92 Å². The lowest BCUT2D eigenvalue weighted by molar-refractivity contribution is 0.394. The Bertz CT molecular complexity index is 710. The quantitative estimate of drug-likeness (QED) is 0.862. The van der Waals surface area contributed by atoms with Crippen LogP contribution < -0.4 is 15.2 Å². The monoisotopic (exact) mass is 300 g/mol. The van der Waals surface area contributed by atoms with E-state index in [9.17, 15) is 0 Å². The largest absolute Gasteiger partial charge is 0.497 e. The number of ether oxygens (including phenoxy) is 2. The first-order valence-electron chi connectivity index (χ1n) is 6.75. The van der Waals surface area contributed by atoms with Crippen LogP contribution in [0.1, 0.15) is 12.5 Å². The van der Waals surface area contributed by atoms with E-state index < -0.39 is 0 Å². The maximum atomic E-state index is 5.95. The van der Waals surface area contributed by atoms with Crippen molar-refractivity contribution in [2.24, 2.45) is 17.8 Å². The third-order valence-corrected chi connectivity index (χ3v) is 3.21. The number of aryl methyl sites for hydroxylation is 1. The highest BCUT2D eigenvalue weighted by Crippen LogP contribution is 2.36. The first-order valence-corrected chi connectivity index (χ1v) is 6.75. The lowest BCUT2D eigenvalue weighted by atomic mass is 10.0. The van der Waals surface area contributed by atoms with Gasteiger partial charge in [0.1, 0.15) is 17.2 Å². The van der Waals surface area contributed by atoms with E-state index in [0.717, 1.165) is 5.56 Å². The molecule has 0 aliphatic heterocycles. The van der Waals surface area contributed by atoms with Crippen molar-refractivity contribution in [3.63, 3.8) is 0 Å². The minimum atomic E-state index is 0.408. The lowest BCUT2D eigenvalue weighted by Gasteiger charge is -2.08. The van der Waals surface area contributed by atoms with Crippen molar-refractivity contribution >= 4 is 17.7 Å². The molecule has 0 fully saturated rings. The number of rotatable bonds is 5. The summed E-state index contributed by atoms with van der Waals surface area (Å²) in [5.74, 6) is 2.01. The molecule has 0 radical (unpaired) electrons. The molecule has 0 atom stereocenters. The van der Waals surface area contributed by atoms with E-state index >= 15 is 0 Å². The molecule has 6 nitrogen and oxygen atoms in total. The van der Waals surface area contributed by atoms with Crippen LogP contribution in [0.4, 0.5) is 5.82 Å². The van der Waals surface area contributed by atoms with Crippen LogP contribution in [0.15, 0.2) is 29.8 Å². The number of aromatic nitrogens is 2. The number of hydrogen-bond donors (Lipinski definition) is 1. The minimum absolute atomic E-state index is 0.408. The van der Waals surface area contributed by atoms with E-state index in [2.05, 4.69) is 16.7 Å². The summed E-state index contributed by atoms with van der Waals surface area (Å²) >= 11 is 0. The molecule has 0 amide bonds. The van der Waals surface area contributed by atoms with Crippen LogP contribution in [-0.2, 0) is 7.05 Å². The molecular formula is C16H20N4O2. The fourth-order valence-corrected chi connectivity index (χ4v) is 2.23. The second-order valence-corrected chi connectivity index (χ2v) is 4.68. The van der Waals surface area contributed by atoms with Gasteiger partial charge in [0.25, 0.3) is 0 Å². The predicted molar refractivity (Wildman–Crippen MR) is 88.8 cm³/mol. The van der Waals surface area contributed by atoms with Crippen LogP contribution in [-0.4, -0.2) is 30.2 Å². The van der Waals surface area contributed by atoms with Crippen molar-refractivity contribution in [3.05, 3.63) is 30.3 Å². The maximum Gasteiger partial charge on any atom is 0.159 e. The number of hydrogen-bond acceptors (Lipinski definition) is 5. The highest BCUT2D eigenvalue weighted by atomic mass is 16.5. The molecule has 0 spiro atoms. The molecule has 0 aliphatic rings. The van der Waals surface area contributed by atoms with Crippen LogP contribution in [0.2, 0.25) is 0 Å². The number of nitrogens with two attached hydrogens (primary N) is 1. The second kappa shape index (κ2) is 6.34. The number of methoxy groups -OCH3 is 2. The summed E-state index contributed by atoms with van der Waals surface area (Å²) in [6, 6.07) is 5.54. The number of benzene rings is 1. The third kappa shape index (κ3) is 2.81. The Morgan fingerprint density at radius 1 is 1.27 bits per heavy atom. The highest BCUT2D eigenvalue weighted by Gasteiger charge is 2.19. The highest BCUT2D eigenvalue weighted by molar-refractivity contribution is 5.84. The smallest absolute Gasteiger partial charge is 0.159 e. The Morgan fingerprint density at radius 2 is 1.86 bits per heavy atom. The van der Waals surface area contributed by atoms with Gasteiger partial charge >= 0.3 is 0 Å². The lowest BCUT2D eigenvalue weighted by Crippen LogP contribution is -1.96. The molecular weight excluding hydrogens is 280 g/mol. The average molecular weight is 300 g/mol. The fraction of sp³-hybridized carbons (Fsp3) is 0.250. The number of aliphatic imine (C=N–C) groups is 1. The van der Waals surface area contributed by atoms with E-state index in [0.29, 0.717) is 34.3 Å². The van der Waals surface area contributed by atoms with Crippen LogP contribution >= 0.6 is 0 Å². The van der Waals surface area contributed by atoms with E-state index in [1.807, 2.05) is 26.1 Å². The molecule has 0 saturated carbocycles. The molecule has 2 aromatic rings. The van der Waals surface area contributed by atoms with E-state index in [1.165, 1.54) is 0 Å². The van der Waals surface area contributed by atoms with Crippen molar-refractivity contribution in [1.29, 1.82) is 0 Å². The zero-order valence-electron chi connectivity index (χ0n) is 13.3. The molecule has 1 aromatic carbocycles. The van der Waals surface area contributed by atoms with E-state index in [1.54, 1.807) is 31.2 Å². The zero-order chi connectivity index (χ0) is 16.3. The van der Waals surface area contributed by atoms with E-state index in [4.69, 9.17) is 15.2 Å². The van der Waals surface area contributed by atoms with Gasteiger partial charge in [0.2, 0.25) is 0 Å². The summed E-state index contributed by atoms with van der Waals surface area (Å²) in [5, 5.41) is 4.52. The van der Waals surface area contributed by atoms with Crippen molar-refractivity contribution in [3.8, 4) is 22.8 Å². The van der Waals surface area contributed by atoms with Gasteiger partial charge in [0.05, 0.1) is 19.8 Å². The van der Waals surface area contributed by atoms with Crippen LogP contribution in [0.25, 0.3) is 17.0 Å². The topological polar surface area (TPSA) is 74.7 Å². The maximum absolute atomic E-state index is 5.95. The Morgan fingerprint density at radius 3 is 2.32 bits per heavy atom. The van der Waals surface area contributed by atoms with Gasteiger partial charge in [0.15, 0.2) is 5.82 Å². The zero-order valence-corrected chi connectivity index (χ0v) is 13.3. The van der Waals surface area contributed by atoms with Crippen molar-refractivity contribution in [2.75, 3.05) is 14.2 Å². The van der Waals surface area contributed by atoms with Crippen molar-refractivity contribution < 1.29 is 9.47 Å². The SMILES string of the molecule is C=C(N)c1c(-c2cc(OC)cc(OC)c2)nn(C)c1/N=C\C. The Hall–Kier alpha value is -2.76. The van der Waals surface area contributed by atoms with Gasteiger partial charge in [-0.1, -0.05) is 6.58 Å². The summed E-state index contributed by atoms with van der Waals surface area (Å²) < 4.78 is 12.3. The van der Waals surface area contributed by atoms with E-state index in [-0.39, 0.29) is 0 Å². The van der Waals surface area contributed by atoms with Crippen LogP contribution in [0, 0.1) is 0 Å². The first kappa shape index (κ1) is 15.6. The van der Waals surface area contributed by atoms with Crippen LogP contribution in [0.3, 0.4) is 0 Å². The fourth-order valence-electron chi connectivity index (χ4n) is 2.23. The molecule has 0 bridgehead atoms. The normalized spacial score (nSPS) is 10.9. The Balaban J connectivity index is 2.72. The summed E-state index contributed by atoms with van der Waals surface area (Å²) in [6.07, 6.45) is 1.69. The first-order chi connectivity index (χ1) is 10.5. The third-order valence-electron chi connectivity index (χ3n) is 3.21. The molecule has 116 valence electrons. The van der Waals surface area contributed by atoms with Gasteiger partial charge in [-0.05, 0) is 19.1 Å². The van der Waals surface area contributed by atoms with Crippen molar-refractivity contribution in [1.82, 2.24) is 9.78 Å². The van der Waals surface area contributed by atoms with Gasteiger partial charge in [-0.2, -0.15) is 5.10 Å². The average Bonchev–Trinajstić information content (AvgIpc) is 2.84. The summed E-state index contributed by atoms with van der Waals surface area (Å²) in [5.41, 5.74) is 8.58. The Labute approximate surface area is 129 Å². The molecule has 1 heterocycles. The predicted octanol–water partition coefficient (Wildman–Crippen LogP) is 2.76.